The van der Waals surface area contributed by atoms with Gasteiger partial charge in [-0.3, -0.25) is 0 Å². The van der Waals surface area contributed by atoms with E-state index < -0.39 is 0 Å². The highest BCUT2D eigenvalue weighted by Gasteiger charge is 1.95. The largest absolute Gasteiger partial charge is 0.0856 e. The fourth-order valence-electron chi connectivity index (χ4n) is 3.80. The molecule has 0 bridgehead atoms. The van der Waals surface area contributed by atoms with Crippen LogP contribution in [0.25, 0.3) is 0 Å². The summed E-state index contributed by atoms with van der Waals surface area (Å²) in [7, 11) is 0. The minimum absolute atomic E-state index is 1.32. The molecule has 0 amide bonds. The van der Waals surface area contributed by atoms with Crippen LogP contribution in [0.2, 0.25) is 0 Å². The van der Waals surface area contributed by atoms with Gasteiger partial charge in [-0.25, -0.2) is 0 Å². The van der Waals surface area contributed by atoms with Gasteiger partial charge in [0.1, 0.15) is 0 Å². The highest BCUT2D eigenvalue weighted by molar-refractivity contribution is 4.97. The lowest BCUT2D eigenvalue weighted by molar-refractivity contribution is 0.550. The normalized spacial score (nSPS) is 12.0. The minimum atomic E-state index is 1.32. The Bertz CT molecular complexity index is 276. The van der Waals surface area contributed by atoms with Gasteiger partial charge in [-0.2, -0.15) is 0 Å². The van der Waals surface area contributed by atoms with Crippen molar-refractivity contribution in [1.29, 1.82) is 0 Å². The molecule has 0 atom stereocenters. The second-order valence-electron chi connectivity index (χ2n) is 8.60. The molecule has 156 valence electrons. The number of hydrogen-bond donors (Lipinski definition) is 0. The van der Waals surface area contributed by atoms with Gasteiger partial charge in [0, 0.05) is 0 Å². The summed E-state index contributed by atoms with van der Waals surface area (Å²) in [5, 5.41) is 0. The third-order valence-electron chi connectivity index (χ3n) is 5.73. The third kappa shape index (κ3) is 21.8. The maximum absolute atomic E-state index is 2.52. The van der Waals surface area contributed by atoms with E-state index in [-0.39, 0.29) is 0 Å². The van der Waals surface area contributed by atoms with Crippen LogP contribution in [0.15, 0.2) is 11.6 Å². The first-order valence-corrected chi connectivity index (χ1v) is 12.5. The first kappa shape index (κ1) is 25.7. The van der Waals surface area contributed by atoms with E-state index in [1.54, 1.807) is 5.57 Å². The Balaban J connectivity index is 3.22. The Morgan fingerprint density at radius 3 is 1.23 bits per heavy atom. The van der Waals surface area contributed by atoms with Crippen LogP contribution in [0.1, 0.15) is 156 Å². The van der Waals surface area contributed by atoms with Gasteiger partial charge < -0.3 is 0 Å². The van der Waals surface area contributed by atoms with E-state index in [4.69, 9.17) is 0 Å². The Morgan fingerprint density at radius 1 is 0.462 bits per heavy atom. The Kier molecular flexibility index (Phi) is 22.6. The van der Waals surface area contributed by atoms with Gasteiger partial charge in [0.15, 0.2) is 0 Å². The SMILES string of the molecule is CCCCCCCCCCCCCC=C(C)CCCCCCCCCC. The van der Waals surface area contributed by atoms with Crippen LogP contribution in [0.5, 0.6) is 0 Å². The highest BCUT2D eigenvalue weighted by atomic mass is 14.0. The molecule has 0 aromatic heterocycles. The standard InChI is InChI=1S/C26H52/c1-4-6-8-10-12-14-15-16-17-19-21-23-25-26(3)24-22-20-18-13-11-9-7-5-2/h25H,4-24H2,1-3H3. The van der Waals surface area contributed by atoms with Gasteiger partial charge in [0.05, 0.1) is 0 Å². The topological polar surface area (TPSA) is 0 Å². The summed E-state index contributed by atoms with van der Waals surface area (Å²) in [4.78, 5) is 0. The average Bonchev–Trinajstić information content (AvgIpc) is 2.65. The van der Waals surface area contributed by atoms with Crippen LogP contribution in [-0.4, -0.2) is 0 Å². The summed E-state index contributed by atoms with van der Waals surface area (Å²) in [6.45, 7) is 6.94. The van der Waals surface area contributed by atoms with Crippen molar-refractivity contribution in [2.45, 2.75) is 156 Å². The summed E-state index contributed by atoms with van der Waals surface area (Å²) in [5.41, 5.74) is 1.64. The molecule has 0 unspecified atom stereocenters. The smallest absolute Gasteiger partial charge is 0.0323 e. The molecule has 0 aliphatic heterocycles. The molecule has 0 heteroatoms. The highest BCUT2D eigenvalue weighted by Crippen LogP contribution is 2.15. The van der Waals surface area contributed by atoms with E-state index in [1.807, 2.05) is 0 Å². The van der Waals surface area contributed by atoms with Gasteiger partial charge in [-0.05, 0) is 32.6 Å². The predicted molar refractivity (Wildman–Crippen MR) is 122 cm³/mol. The van der Waals surface area contributed by atoms with Crippen LogP contribution < -0.4 is 0 Å². The first-order chi connectivity index (χ1) is 12.8. The number of allylic oxidation sites excluding steroid dienone is 2. The van der Waals surface area contributed by atoms with Crippen molar-refractivity contribution < 1.29 is 0 Å². The van der Waals surface area contributed by atoms with Crippen molar-refractivity contribution in [3.05, 3.63) is 11.6 Å². The van der Waals surface area contributed by atoms with Gasteiger partial charge in [0.25, 0.3) is 0 Å². The maximum Gasteiger partial charge on any atom is -0.0323 e. The van der Waals surface area contributed by atoms with Crippen LogP contribution in [0.3, 0.4) is 0 Å². The average molecular weight is 365 g/mol. The zero-order valence-electron chi connectivity index (χ0n) is 18.9. The number of unbranched alkanes of at least 4 members (excludes halogenated alkanes) is 18. The van der Waals surface area contributed by atoms with Gasteiger partial charge >= 0.3 is 0 Å². The fraction of sp³-hybridized carbons (Fsp3) is 0.923. The van der Waals surface area contributed by atoms with Gasteiger partial charge in [0.2, 0.25) is 0 Å². The van der Waals surface area contributed by atoms with E-state index >= 15 is 0 Å². The van der Waals surface area contributed by atoms with Gasteiger partial charge in [-0.15, -0.1) is 0 Å². The second kappa shape index (κ2) is 22.8. The number of rotatable bonds is 21. The van der Waals surface area contributed by atoms with Crippen molar-refractivity contribution >= 4 is 0 Å². The fourth-order valence-corrected chi connectivity index (χ4v) is 3.80. The van der Waals surface area contributed by atoms with E-state index in [1.165, 1.54) is 135 Å². The summed E-state index contributed by atoms with van der Waals surface area (Å²) in [6, 6.07) is 0. The van der Waals surface area contributed by atoms with E-state index in [9.17, 15) is 0 Å². The van der Waals surface area contributed by atoms with E-state index in [0.29, 0.717) is 0 Å². The van der Waals surface area contributed by atoms with E-state index in [2.05, 4.69) is 26.8 Å². The summed E-state index contributed by atoms with van der Waals surface area (Å²) in [5.74, 6) is 0. The molecule has 0 spiro atoms. The lowest BCUT2D eigenvalue weighted by Crippen LogP contribution is -1.84. The second-order valence-corrected chi connectivity index (χ2v) is 8.60. The molecule has 26 heavy (non-hydrogen) atoms. The van der Waals surface area contributed by atoms with Crippen molar-refractivity contribution in [3.63, 3.8) is 0 Å². The Hall–Kier alpha value is -0.260. The molecule has 0 aliphatic rings. The molecule has 0 aromatic carbocycles. The maximum atomic E-state index is 2.52. The molecule has 0 N–H and O–H groups in total. The van der Waals surface area contributed by atoms with Crippen LogP contribution in [0.4, 0.5) is 0 Å². The summed E-state index contributed by atoms with van der Waals surface area (Å²) in [6.07, 6.45) is 32.6. The first-order valence-electron chi connectivity index (χ1n) is 12.5. The molecule has 0 rings (SSSR count). The summed E-state index contributed by atoms with van der Waals surface area (Å²) >= 11 is 0. The molecular formula is C26H52. The molecule has 0 heterocycles. The Morgan fingerprint density at radius 2 is 0.808 bits per heavy atom. The molecule has 0 aromatic rings. The van der Waals surface area contributed by atoms with Crippen molar-refractivity contribution in [1.82, 2.24) is 0 Å². The molecule has 0 radical (unpaired) electrons. The predicted octanol–water partition coefficient (Wildman–Crippen LogP) is 10.2. The zero-order chi connectivity index (χ0) is 19.1. The lowest BCUT2D eigenvalue weighted by Gasteiger charge is -2.04. The van der Waals surface area contributed by atoms with Crippen molar-refractivity contribution in [2.75, 3.05) is 0 Å². The molecule has 0 fully saturated rings. The quantitative estimate of drug-likeness (QED) is 0.140. The van der Waals surface area contributed by atoms with Crippen molar-refractivity contribution in [3.8, 4) is 0 Å². The van der Waals surface area contributed by atoms with E-state index in [0.717, 1.165) is 0 Å². The number of hydrogen-bond acceptors (Lipinski definition) is 0. The third-order valence-corrected chi connectivity index (χ3v) is 5.73. The molecule has 0 saturated heterocycles. The Labute approximate surface area is 167 Å². The molecule has 0 aliphatic carbocycles. The van der Waals surface area contributed by atoms with Crippen LogP contribution in [-0.2, 0) is 0 Å². The zero-order valence-corrected chi connectivity index (χ0v) is 18.9. The van der Waals surface area contributed by atoms with Crippen molar-refractivity contribution in [2.24, 2.45) is 0 Å². The molecule has 0 saturated carbocycles. The monoisotopic (exact) mass is 364 g/mol. The van der Waals surface area contributed by atoms with Gasteiger partial charge in [-0.1, -0.05) is 135 Å². The summed E-state index contributed by atoms with van der Waals surface area (Å²) < 4.78 is 0. The lowest BCUT2D eigenvalue weighted by atomic mass is 10.0. The molecule has 0 nitrogen and oxygen atoms in total. The van der Waals surface area contributed by atoms with Crippen LogP contribution >= 0.6 is 0 Å². The van der Waals surface area contributed by atoms with Crippen LogP contribution in [0, 0.1) is 0 Å². The molecular weight excluding hydrogens is 312 g/mol. The minimum Gasteiger partial charge on any atom is -0.0856 e.